The van der Waals surface area contributed by atoms with E-state index in [1.54, 1.807) is 12.4 Å². The smallest absolute Gasteiger partial charge is 0.153 e. The molecule has 1 aliphatic rings. The molecular weight excluding hydrogens is 272 g/mol. The van der Waals surface area contributed by atoms with Gasteiger partial charge in [-0.3, -0.25) is 4.98 Å². The van der Waals surface area contributed by atoms with Gasteiger partial charge in [0.2, 0.25) is 0 Å². The highest BCUT2D eigenvalue weighted by atomic mass is 35.5. The summed E-state index contributed by atoms with van der Waals surface area (Å²) in [6, 6.07) is 3.74. The molecule has 4 nitrogen and oxygen atoms in total. The van der Waals surface area contributed by atoms with Crippen LogP contribution in [0.5, 0.6) is 0 Å². The summed E-state index contributed by atoms with van der Waals surface area (Å²) in [5, 5.41) is 6.71. The van der Waals surface area contributed by atoms with E-state index in [2.05, 4.69) is 40.7 Å². The van der Waals surface area contributed by atoms with Crippen LogP contribution in [0, 0.1) is 0 Å². The first-order valence-corrected chi connectivity index (χ1v) is 6.79. The van der Waals surface area contributed by atoms with Crippen LogP contribution in [0.3, 0.4) is 0 Å². The van der Waals surface area contributed by atoms with Crippen molar-refractivity contribution in [1.82, 2.24) is 15.6 Å². The maximum Gasteiger partial charge on any atom is 0.153 e. The number of amidine groups is 1. The molecule has 0 bridgehead atoms. The van der Waals surface area contributed by atoms with Gasteiger partial charge in [0.15, 0.2) is 5.82 Å². The molecule has 2 rings (SSSR count). The Labute approximate surface area is 124 Å². The highest BCUT2D eigenvalue weighted by Gasteiger charge is 2.18. The Morgan fingerprint density at radius 1 is 1.40 bits per heavy atom. The Morgan fingerprint density at radius 2 is 2.10 bits per heavy atom. The second-order valence-corrected chi connectivity index (χ2v) is 4.82. The van der Waals surface area contributed by atoms with Gasteiger partial charge in [-0.25, -0.2) is 4.99 Å². The maximum absolute atomic E-state index is 6.22. The molecule has 0 unspecified atom stereocenters. The van der Waals surface area contributed by atoms with Crippen molar-refractivity contribution in [2.45, 2.75) is 19.8 Å². The molecule has 0 amide bonds. The summed E-state index contributed by atoms with van der Waals surface area (Å²) in [5.41, 5.74) is 2.42. The number of pyridine rings is 1. The predicted octanol–water partition coefficient (Wildman–Crippen LogP) is 3.26. The number of hydrogen-bond donors (Lipinski definition) is 2. The number of nitrogens with one attached hydrogen (secondary N) is 2. The quantitative estimate of drug-likeness (QED) is 0.874. The summed E-state index contributed by atoms with van der Waals surface area (Å²) in [4.78, 5) is 8.49. The molecule has 0 saturated carbocycles. The average Bonchev–Trinajstić information content (AvgIpc) is 2.45. The van der Waals surface area contributed by atoms with Gasteiger partial charge in [0, 0.05) is 23.7 Å². The zero-order chi connectivity index (χ0) is 14.5. The lowest BCUT2D eigenvalue weighted by Gasteiger charge is -2.21. The van der Waals surface area contributed by atoms with Crippen molar-refractivity contribution < 1.29 is 0 Å². The van der Waals surface area contributed by atoms with E-state index in [9.17, 15) is 0 Å². The van der Waals surface area contributed by atoms with Gasteiger partial charge in [0.1, 0.15) is 10.9 Å². The van der Waals surface area contributed by atoms with Crippen LogP contribution in [-0.4, -0.2) is 10.8 Å². The number of rotatable bonds is 5. The largest absolute Gasteiger partial charge is 0.343 e. The van der Waals surface area contributed by atoms with Crippen molar-refractivity contribution in [2.75, 3.05) is 0 Å². The van der Waals surface area contributed by atoms with Crippen LogP contribution >= 0.6 is 11.6 Å². The van der Waals surface area contributed by atoms with Crippen LogP contribution in [0.1, 0.15) is 25.3 Å². The predicted molar refractivity (Wildman–Crippen MR) is 83.1 cm³/mol. The summed E-state index contributed by atoms with van der Waals surface area (Å²) < 4.78 is 0. The molecule has 1 aromatic heterocycles. The van der Waals surface area contributed by atoms with E-state index in [-0.39, 0.29) is 0 Å². The van der Waals surface area contributed by atoms with Gasteiger partial charge in [-0.05, 0) is 18.6 Å². The standard InChI is InChI=1S/C15H17ClN4/c1-4-5-10(2)18-15-13(16)11(3)19-14(20-15)12-6-8-17-9-7-12/h6-9,18H,2-5H2,1H3,(H,19,20). The van der Waals surface area contributed by atoms with Crippen LogP contribution in [0.25, 0.3) is 0 Å². The Bertz CT molecular complexity index is 587. The minimum atomic E-state index is 0.472. The number of aromatic nitrogens is 1. The normalized spacial score (nSPS) is 14.7. The molecule has 0 fully saturated rings. The van der Waals surface area contributed by atoms with Gasteiger partial charge < -0.3 is 10.6 Å². The maximum atomic E-state index is 6.22. The number of halogens is 1. The van der Waals surface area contributed by atoms with Crippen molar-refractivity contribution in [2.24, 2.45) is 4.99 Å². The lowest BCUT2D eigenvalue weighted by atomic mass is 10.2. The van der Waals surface area contributed by atoms with Crippen molar-refractivity contribution in [1.29, 1.82) is 0 Å². The Kier molecular flexibility index (Phi) is 4.58. The Morgan fingerprint density at radius 3 is 2.75 bits per heavy atom. The van der Waals surface area contributed by atoms with Crippen molar-refractivity contribution in [3.63, 3.8) is 0 Å². The van der Waals surface area contributed by atoms with Crippen LogP contribution in [-0.2, 0) is 0 Å². The molecule has 2 heterocycles. The molecule has 20 heavy (non-hydrogen) atoms. The number of allylic oxidation sites excluding steroid dienone is 2. The third kappa shape index (κ3) is 3.27. The van der Waals surface area contributed by atoms with Crippen LogP contribution in [0.4, 0.5) is 0 Å². The van der Waals surface area contributed by atoms with Crippen LogP contribution in [0.15, 0.2) is 64.9 Å². The summed E-state index contributed by atoms with van der Waals surface area (Å²) in [7, 11) is 0. The highest BCUT2D eigenvalue weighted by Crippen LogP contribution is 2.22. The molecule has 0 aromatic carbocycles. The molecule has 0 radical (unpaired) electrons. The molecule has 0 spiro atoms. The zero-order valence-corrected chi connectivity index (χ0v) is 12.2. The molecule has 104 valence electrons. The fourth-order valence-electron chi connectivity index (χ4n) is 1.79. The molecule has 0 atom stereocenters. The molecule has 1 aromatic rings. The number of aliphatic imine (C=N–C) groups is 1. The molecule has 5 heteroatoms. The number of hydrogen-bond acceptors (Lipinski definition) is 4. The zero-order valence-electron chi connectivity index (χ0n) is 11.4. The van der Waals surface area contributed by atoms with Gasteiger partial charge in [-0.15, -0.1) is 0 Å². The summed E-state index contributed by atoms with van der Waals surface area (Å²) >= 11 is 6.22. The molecule has 0 saturated heterocycles. The first-order valence-electron chi connectivity index (χ1n) is 6.41. The van der Waals surface area contributed by atoms with Gasteiger partial charge in [-0.1, -0.05) is 38.1 Å². The third-order valence-electron chi connectivity index (χ3n) is 2.77. The monoisotopic (exact) mass is 288 g/mol. The van der Waals surface area contributed by atoms with E-state index in [0.717, 1.165) is 24.1 Å². The second-order valence-electron chi connectivity index (χ2n) is 4.44. The van der Waals surface area contributed by atoms with E-state index in [1.807, 2.05) is 12.1 Å². The number of nitrogens with zero attached hydrogens (tertiary/aromatic N) is 2. The van der Waals surface area contributed by atoms with Gasteiger partial charge >= 0.3 is 0 Å². The topological polar surface area (TPSA) is 49.3 Å². The Hall–Kier alpha value is -2.07. The summed E-state index contributed by atoms with van der Waals surface area (Å²) in [6.45, 7) is 9.96. The fourth-order valence-corrected chi connectivity index (χ4v) is 1.93. The minimum absolute atomic E-state index is 0.472. The molecule has 2 N–H and O–H groups in total. The van der Waals surface area contributed by atoms with E-state index in [0.29, 0.717) is 22.4 Å². The average molecular weight is 289 g/mol. The van der Waals surface area contributed by atoms with Crippen molar-refractivity contribution in [3.8, 4) is 0 Å². The van der Waals surface area contributed by atoms with Gasteiger partial charge in [0.05, 0.1) is 5.70 Å². The first-order chi connectivity index (χ1) is 9.61. The lowest BCUT2D eigenvalue weighted by Crippen LogP contribution is -2.30. The lowest BCUT2D eigenvalue weighted by molar-refractivity contribution is 0.803. The van der Waals surface area contributed by atoms with Crippen molar-refractivity contribution in [3.05, 3.63) is 65.5 Å². The van der Waals surface area contributed by atoms with Gasteiger partial charge in [-0.2, -0.15) is 0 Å². The van der Waals surface area contributed by atoms with Gasteiger partial charge in [0.25, 0.3) is 0 Å². The second kappa shape index (κ2) is 6.39. The minimum Gasteiger partial charge on any atom is -0.343 e. The van der Waals surface area contributed by atoms with E-state index >= 15 is 0 Å². The SMILES string of the molecule is C=C(CCC)NC1=C(Cl)C(=C)NC(c2ccncc2)=N1. The van der Waals surface area contributed by atoms with E-state index in [4.69, 9.17) is 11.6 Å². The summed E-state index contributed by atoms with van der Waals surface area (Å²) in [5.74, 6) is 1.26. The van der Waals surface area contributed by atoms with Crippen LogP contribution in [0.2, 0.25) is 0 Å². The third-order valence-corrected chi connectivity index (χ3v) is 3.17. The van der Waals surface area contributed by atoms with E-state index in [1.165, 1.54) is 0 Å². The Balaban J connectivity index is 2.29. The highest BCUT2D eigenvalue weighted by molar-refractivity contribution is 6.33. The van der Waals surface area contributed by atoms with E-state index < -0.39 is 0 Å². The fraction of sp³-hybridized carbons (Fsp3) is 0.200. The first kappa shape index (κ1) is 14.3. The summed E-state index contributed by atoms with van der Waals surface area (Å²) in [6.07, 6.45) is 5.31. The molecule has 1 aliphatic heterocycles. The van der Waals surface area contributed by atoms with Crippen molar-refractivity contribution >= 4 is 17.4 Å². The van der Waals surface area contributed by atoms with Crippen LogP contribution < -0.4 is 10.6 Å². The molecular formula is C15H17ClN4. The molecule has 0 aliphatic carbocycles.